The van der Waals surface area contributed by atoms with Crippen molar-refractivity contribution in [2.24, 2.45) is 0 Å². The first kappa shape index (κ1) is 18.3. The first-order valence-electron chi connectivity index (χ1n) is 8.77. The highest BCUT2D eigenvalue weighted by atomic mass is 32.2. The lowest BCUT2D eigenvalue weighted by Crippen LogP contribution is -2.42. The monoisotopic (exact) mass is 393 g/mol. The SMILES string of the molecule is O=C(NC1CC2CCC1N2)c1ccc(Sc2cccc(C(F)(F)F)n2)cc1. The minimum absolute atomic E-state index is 0.122. The zero-order valence-corrected chi connectivity index (χ0v) is 15.1. The lowest BCUT2D eigenvalue weighted by atomic mass is 9.95. The van der Waals surface area contributed by atoms with Gasteiger partial charge in [-0.15, -0.1) is 0 Å². The van der Waals surface area contributed by atoms with Crippen LogP contribution in [0.1, 0.15) is 35.3 Å². The van der Waals surface area contributed by atoms with Gasteiger partial charge < -0.3 is 10.6 Å². The summed E-state index contributed by atoms with van der Waals surface area (Å²) in [5.41, 5.74) is -0.373. The van der Waals surface area contributed by atoms with Crippen LogP contribution in [-0.2, 0) is 6.18 Å². The highest BCUT2D eigenvalue weighted by Crippen LogP contribution is 2.32. The van der Waals surface area contributed by atoms with E-state index in [4.69, 9.17) is 0 Å². The van der Waals surface area contributed by atoms with E-state index in [1.165, 1.54) is 18.6 Å². The van der Waals surface area contributed by atoms with Crippen LogP contribution in [0.5, 0.6) is 0 Å². The Morgan fingerprint density at radius 3 is 2.56 bits per heavy atom. The van der Waals surface area contributed by atoms with Crippen LogP contribution in [0, 0.1) is 0 Å². The van der Waals surface area contributed by atoms with Gasteiger partial charge in [-0.3, -0.25) is 4.79 Å². The van der Waals surface area contributed by atoms with Crippen LogP contribution >= 0.6 is 11.8 Å². The predicted molar refractivity (Wildman–Crippen MR) is 95.6 cm³/mol. The summed E-state index contributed by atoms with van der Waals surface area (Å²) in [6.07, 6.45) is -1.24. The van der Waals surface area contributed by atoms with Crippen molar-refractivity contribution in [1.29, 1.82) is 0 Å². The molecule has 0 radical (unpaired) electrons. The fraction of sp³-hybridized carbons (Fsp3) is 0.368. The van der Waals surface area contributed by atoms with Crippen molar-refractivity contribution >= 4 is 17.7 Å². The second-order valence-corrected chi connectivity index (χ2v) is 7.94. The van der Waals surface area contributed by atoms with E-state index in [0.717, 1.165) is 35.6 Å². The van der Waals surface area contributed by atoms with Gasteiger partial charge in [-0.1, -0.05) is 17.8 Å². The summed E-state index contributed by atoms with van der Waals surface area (Å²) in [6.45, 7) is 0. The van der Waals surface area contributed by atoms with Crippen molar-refractivity contribution in [2.45, 2.75) is 53.5 Å². The highest BCUT2D eigenvalue weighted by molar-refractivity contribution is 7.99. The van der Waals surface area contributed by atoms with E-state index in [9.17, 15) is 18.0 Å². The van der Waals surface area contributed by atoms with Gasteiger partial charge in [0.25, 0.3) is 5.91 Å². The summed E-state index contributed by atoms with van der Waals surface area (Å²) in [4.78, 5) is 16.8. The van der Waals surface area contributed by atoms with Crippen LogP contribution in [0.2, 0.25) is 0 Å². The molecule has 1 aromatic carbocycles. The molecule has 2 bridgehead atoms. The quantitative estimate of drug-likeness (QED) is 0.828. The van der Waals surface area contributed by atoms with E-state index in [1.54, 1.807) is 24.3 Å². The van der Waals surface area contributed by atoms with Gasteiger partial charge in [0.2, 0.25) is 0 Å². The average Bonchev–Trinajstić information content (AvgIpc) is 3.25. The summed E-state index contributed by atoms with van der Waals surface area (Å²) in [6, 6.07) is 11.7. The number of nitrogens with one attached hydrogen (secondary N) is 2. The number of hydrogen-bond acceptors (Lipinski definition) is 4. The molecular weight excluding hydrogens is 375 g/mol. The Kier molecular flexibility index (Phi) is 4.86. The molecule has 0 aliphatic carbocycles. The minimum atomic E-state index is -4.47. The first-order valence-corrected chi connectivity index (χ1v) is 9.59. The van der Waals surface area contributed by atoms with Crippen LogP contribution in [0.4, 0.5) is 13.2 Å². The first-order chi connectivity index (χ1) is 12.9. The van der Waals surface area contributed by atoms with E-state index < -0.39 is 11.9 Å². The third-order valence-corrected chi connectivity index (χ3v) is 5.91. The second kappa shape index (κ2) is 7.16. The summed E-state index contributed by atoms with van der Waals surface area (Å²) in [5.74, 6) is -0.122. The number of hydrogen-bond donors (Lipinski definition) is 2. The third-order valence-electron chi connectivity index (χ3n) is 4.97. The molecule has 3 unspecified atom stereocenters. The number of rotatable bonds is 4. The van der Waals surface area contributed by atoms with Gasteiger partial charge in [0.15, 0.2) is 0 Å². The Bertz CT molecular complexity index is 841. The molecule has 1 aromatic heterocycles. The Hall–Kier alpha value is -2.06. The molecule has 4 rings (SSSR count). The maximum atomic E-state index is 12.8. The van der Waals surface area contributed by atoms with E-state index in [-0.39, 0.29) is 17.0 Å². The second-order valence-electron chi connectivity index (χ2n) is 6.85. The topological polar surface area (TPSA) is 54.0 Å². The number of nitrogens with zero attached hydrogens (tertiary/aromatic N) is 1. The van der Waals surface area contributed by atoms with Gasteiger partial charge in [0, 0.05) is 28.6 Å². The lowest BCUT2D eigenvalue weighted by Gasteiger charge is -2.21. The van der Waals surface area contributed by atoms with Crippen molar-refractivity contribution < 1.29 is 18.0 Å². The zero-order valence-electron chi connectivity index (χ0n) is 14.3. The molecule has 4 nitrogen and oxygen atoms in total. The summed E-state index contributed by atoms with van der Waals surface area (Å²) >= 11 is 1.13. The van der Waals surface area contributed by atoms with Gasteiger partial charge in [-0.05, 0) is 55.7 Å². The van der Waals surface area contributed by atoms with E-state index in [2.05, 4.69) is 15.6 Å². The minimum Gasteiger partial charge on any atom is -0.348 e. The van der Waals surface area contributed by atoms with Crippen LogP contribution in [0.3, 0.4) is 0 Å². The van der Waals surface area contributed by atoms with Crippen molar-refractivity contribution in [3.63, 3.8) is 0 Å². The standard InChI is InChI=1S/C19H18F3N3OS/c20-19(21,22)16-2-1-3-17(25-16)27-13-7-4-11(5-8-13)18(26)24-15-10-12-6-9-14(15)23-12/h1-5,7-8,12,14-15,23H,6,9-10H2,(H,24,26). The number of halogens is 3. The number of aromatic nitrogens is 1. The van der Waals surface area contributed by atoms with E-state index >= 15 is 0 Å². The molecule has 3 heterocycles. The summed E-state index contributed by atoms with van der Waals surface area (Å²) < 4.78 is 38.3. The Balaban J connectivity index is 1.39. The molecule has 2 saturated heterocycles. The molecular formula is C19H18F3N3OS. The van der Waals surface area contributed by atoms with Gasteiger partial charge in [-0.2, -0.15) is 13.2 Å². The summed E-state index contributed by atoms with van der Waals surface area (Å²) in [7, 11) is 0. The number of amides is 1. The Morgan fingerprint density at radius 2 is 1.93 bits per heavy atom. The largest absolute Gasteiger partial charge is 0.433 e. The van der Waals surface area contributed by atoms with Crippen molar-refractivity contribution in [3.8, 4) is 0 Å². The normalized spacial score (nSPS) is 24.2. The van der Waals surface area contributed by atoms with Crippen LogP contribution in [0.25, 0.3) is 0 Å². The van der Waals surface area contributed by atoms with E-state index in [1.807, 2.05) is 0 Å². The van der Waals surface area contributed by atoms with Crippen LogP contribution in [0.15, 0.2) is 52.4 Å². The molecule has 2 N–H and O–H groups in total. The third kappa shape index (κ3) is 4.11. The number of alkyl halides is 3. The van der Waals surface area contributed by atoms with Crippen molar-refractivity contribution in [1.82, 2.24) is 15.6 Å². The maximum absolute atomic E-state index is 12.8. The number of fused-ring (bicyclic) bond motifs is 2. The molecule has 2 fully saturated rings. The maximum Gasteiger partial charge on any atom is 0.433 e. The number of carbonyl (C=O) groups excluding carboxylic acids is 1. The lowest BCUT2D eigenvalue weighted by molar-refractivity contribution is -0.141. The van der Waals surface area contributed by atoms with Crippen LogP contribution < -0.4 is 10.6 Å². The number of carbonyl (C=O) groups is 1. The average molecular weight is 393 g/mol. The van der Waals surface area contributed by atoms with Gasteiger partial charge in [0.05, 0.1) is 0 Å². The molecule has 2 aromatic rings. The van der Waals surface area contributed by atoms with Gasteiger partial charge in [-0.25, -0.2) is 4.98 Å². The van der Waals surface area contributed by atoms with E-state index in [0.29, 0.717) is 17.6 Å². The molecule has 0 saturated carbocycles. The fourth-order valence-corrected chi connectivity index (χ4v) is 4.46. The van der Waals surface area contributed by atoms with Gasteiger partial charge >= 0.3 is 6.18 Å². The van der Waals surface area contributed by atoms with Crippen molar-refractivity contribution in [2.75, 3.05) is 0 Å². The Labute approximate surface area is 158 Å². The molecule has 0 spiro atoms. The zero-order chi connectivity index (χ0) is 19.0. The molecule has 2 aliphatic rings. The molecule has 142 valence electrons. The molecule has 8 heteroatoms. The number of benzene rings is 1. The highest BCUT2D eigenvalue weighted by Gasteiger charge is 2.39. The Morgan fingerprint density at radius 1 is 1.15 bits per heavy atom. The van der Waals surface area contributed by atoms with Gasteiger partial charge in [0.1, 0.15) is 10.7 Å². The fourth-order valence-electron chi connectivity index (χ4n) is 3.66. The van der Waals surface area contributed by atoms with Crippen LogP contribution in [-0.4, -0.2) is 29.0 Å². The summed E-state index contributed by atoms with van der Waals surface area (Å²) in [5, 5.41) is 6.81. The smallest absolute Gasteiger partial charge is 0.348 e. The molecule has 2 aliphatic heterocycles. The molecule has 1 amide bonds. The van der Waals surface area contributed by atoms with Crippen molar-refractivity contribution in [3.05, 3.63) is 53.7 Å². The number of pyridine rings is 1. The predicted octanol–water partition coefficient (Wildman–Crippen LogP) is 3.87. The molecule has 27 heavy (non-hydrogen) atoms. The molecule has 3 atom stereocenters.